The Morgan fingerprint density at radius 2 is 0.951 bits per heavy atom. The predicted molar refractivity (Wildman–Crippen MR) is 252 cm³/mol. The van der Waals surface area contributed by atoms with Gasteiger partial charge in [0.1, 0.15) is 30.5 Å². The minimum Gasteiger partial charge on any atom is -0.457 e. The standard InChI is InChI=1S/C52H96O9/c1-3-5-7-9-11-13-15-17-18-19-20-21-22-23-24-25-26-27-28-29-30-32-34-36-38-40-42-58-44-46(45-59-52-51(57)50(56)49(55)47(43-53)61-52)60-48(54)41-39-37-35-33-31-16-14-12-10-8-6-4-2/h15,17,19-20,22-23,46-47,49-53,55-57H,3-14,16,18,21,24-45H2,1-2H3/b17-15-,20-19-,23-22-. The summed E-state index contributed by atoms with van der Waals surface area (Å²) in [5.74, 6) is -0.313. The maximum atomic E-state index is 12.8. The summed E-state index contributed by atoms with van der Waals surface area (Å²) >= 11 is 0. The molecule has 1 aliphatic heterocycles. The van der Waals surface area contributed by atoms with E-state index in [0.29, 0.717) is 13.0 Å². The van der Waals surface area contributed by atoms with Gasteiger partial charge in [0, 0.05) is 13.0 Å². The van der Waals surface area contributed by atoms with Crippen LogP contribution in [0.25, 0.3) is 0 Å². The molecule has 61 heavy (non-hydrogen) atoms. The summed E-state index contributed by atoms with van der Waals surface area (Å²) in [5, 5.41) is 40.2. The van der Waals surface area contributed by atoms with Crippen molar-refractivity contribution in [3.05, 3.63) is 36.5 Å². The predicted octanol–water partition coefficient (Wildman–Crippen LogP) is 12.3. The topological polar surface area (TPSA) is 135 Å². The molecule has 0 saturated carbocycles. The number of allylic oxidation sites excluding steroid dienone is 6. The van der Waals surface area contributed by atoms with Crippen molar-refractivity contribution >= 4 is 5.97 Å². The van der Waals surface area contributed by atoms with Gasteiger partial charge >= 0.3 is 5.97 Å². The van der Waals surface area contributed by atoms with Crippen molar-refractivity contribution in [1.29, 1.82) is 0 Å². The van der Waals surface area contributed by atoms with Gasteiger partial charge in [0.15, 0.2) is 6.29 Å². The van der Waals surface area contributed by atoms with Crippen molar-refractivity contribution in [1.82, 2.24) is 0 Å². The first-order chi connectivity index (χ1) is 29.9. The van der Waals surface area contributed by atoms with E-state index in [9.17, 15) is 25.2 Å². The van der Waals surface area contributed by atoms with Crippen molar-refractivity contribution in [2.45, 2.75) is 263 Å². The van der Waals surface area contributed by atoms with Crippen LogP contribution in [0.3, 0.4) is 0 Å². The summed E-state index contributed by atoms with van der Waals surface area (Å²) in [5.41, 5.74) is 0. The average molecular weight is 865 g/mol. The first-order valence-corrected chi connectivity index (χ1v) is 25.6. The molecule has 1 aliphatic rings. The molecule has 9 nitrogen and oxygen atoms in total. The van der Waals surface area contributed by atoms with Gasteiger partial charge in [-0.25, -0.2) is 0 Å². The van der Waals surface area contributed by atoms with Crippen molar-refractivity contribution < 1.29 is 44.2 Å². The van der Waals surface area contributed by atoms with E-state index in [1.807, 2.05) is 0 Å². The van der Waals surface area contributed by atoms with E-state index in [4.69, 9.17) is 18.9 Å². The van der Waals surface area contributed by atoms with E-state index in [-0.39, 0.29) is 19.2 Å². The lowest BCUT2D eigenvalue weighted by atomic mass is 9.99. The summed E-state index contributed by atoms with van der Waals surface area (Å²) < 4.78 is 22.9. The molecule has 4 N–H and O–H groups in total. The van der Waals surface area contributed by atoms with Gasteiger partial charge in [0.05, 0.1) is 19.8 Å². The maximum absolute atomic E-state index is 12.8. The summed E-state index contributed by atoms with van der Waals surface area (Å²) in [6.45, 7) is 4.56. The van der Waals surface area contributed by atoms with Crippen molar-refractivity contribution in [3.8, 4) is 0 Å². The molecular formula is C52H96O9. The third-order valence-corrected chi connectivity index (χ3v) is 11.8. The molecule has 0 aliphatic carbocycles. The minimum absolute atomic E-state index is 0.112. The Balaban J connectivity index is 2.15. The number of esters is 1. The zero-order valence-electron chi connectivity index (χ0n) is 39.4. The van der Waals surface area contributed by atoms with Gasteiger partial charge in [-0.1, -0.05) is 204 Å². The fourth-order valence-electron chi connectivity index (χ4n) is 7.79. The number of aliphatic hydroxyl groups excluding tert-OH is 4. The Morgan fingerprint density at radius 1 is 0.525 bits per heavy atom. The molecule has 0 amide bonds. The third kappa shape index (κ3) is 34.5. The van der Waals surface area contributed by atoms with Crippen LogP contribution in [-0.2, 0) is 23.7 Å². The number of rotatable bonds is 44. The largest absolute Gasteiger partial charge is 0.457 e. The van der Waals surface area contributed by atoms with Crippen LogP contribution in [0.4, 0.5) is 0 Å². The summed E-state index contributed by atoms with van der Waals surface area (Å²) in [6.07, 6.45) is 46.1. The molecule has 1 rings (SSSR count). The summed E-state index contributed by atoms with van der Waals surface area (Å²) in [4.78, 5) is 12.8. The summed E-state index contributed by atoms with van der Waals surface area (Å²) in [7, 11) is 0. The molecule has 0 radical (unpaired) electrons. The molecular weight excluding hydrogens is 769 g/mol. The molecule has 0 aromatic heterocycles. The number of hydrogen-bond donors (Lipinski definition) is 4. The maximum Gasteiger partial charge on any atom is 0.306 e. The Labute approximate surface area is 374 Å². The fourth-order valence-corrected chi connectivity index (χ4v) is 7.79. The van der Waals surface area contributed by atoms with E-state index in [1.54, 1.807) is 0 Å². The summed E-state index contributed by atoms with van der Waals surface area (Å²) in [6, 6.07) is 0. The smallest absolute Gasteiger partial charge is 0.306 e. The number of unbranched alkanes of at least 4 members (excludes halogenated alkanes) is 27. The monoisotopic (exact) mass is 865 g/mol. The van der Waals surface area contributed by atoms with Crippen LogP contribution in [0.1, 0.15) is 226 Å². The molecule has 0 aromatic carbocycles. The molecule has 0 aromatic rings. The van der Waals surface area contributed by atoms with Crippen LogP contribution in [0.15, 0.2) is 36.5 Å². The normalized spacial score (nSPS) is 20.1. The van der Waals surface area contributed by atoms with E-state index >= 15 is 0 Å². The third-order valence-electron chi connectivity index (χ3n) is 11.8. The quantitative estimate of drug-likeness (QED) is 0.0268. The van der Waals surface area contributed by atoms with Gasteiger partial charge in [-0.15, -0.1) is 0 Å². The molecule has 0 bridgehead atoms. The van der Waals surface area contributed by atoms with Crippen LogP contribution in [0.5, 0.6) is 0 Å². The van der Waals surface area contributed by atoms with Gasteiger partial charge in [0.25, 0.3) is 0 Å². The van der Waals surface area contributed by atoms with Gasteiger partial charge in [-0.2, -0.15) is 0 Å². The zero-order chi connectivity index (χ0) is 44.3. The van der Waals surface area contributed by atoms with Crippen molar-refractivity contribution in [2.75, 3.05) is 26.4 Å². The lowest BCUT2D eigenvalue weighted by molar-refractivity contribution is -0.305. The highest BCUT2D eigenvalue weighted by Gasteiger charge is 2.44. The second-order valence-corrected chi connectivity index (χ2v) is 17.6. The highest BCUT2D eigenvalue weighted by molar-refractivity contribution is 5.69. The van der Waals surface area contributed by atoms with Gasteiger partial charge in [-0.3, -0.25) is 4.79 Å². The molecule has 1 saturated heterocycles. The molecule has 0 spiro atoms. The highest BCUT2D eigenvalue weighted by Crippen LogP contribution is 2.23. The van der Waals surface area contributed by atoms with E-state index in [2.05, 4.69) is 50.3 Å². The van der Waals surface area contributed by atoms with Crippen LogP contribution in [0.2, 0.25) is 0 Å². The number of aliphatic hydroxyl groups is 4. The molecule has 1 heterocycles. The van der Waals surface area contributed by atoms with Crippen LogP contribution >= 0.6 is 0 Å². The lowest BCUT2D eigenvalue weighted by Crippen LogP contribution is -2.59. The van der Waals surface area contributed by atoms with E-state index in [1.165, 1.54) is 161 Å². The fraction of sp³-hybridized carbons (Fsp3) is 0.865. The van der Waals surface area contributed by atoms with Crippen molar-refractivity contribution in [2.24, 2.45) is 0 Å². The van der Waals surface area contributed by atoms with Gasteiger partial charge in [-0.05, 0) is 51.4 Å². The second kappa shape index (κ2) is 43.7. The molecule has 6 unspecified atom stereocenters. The van der Waals surface area contributed by atoms with Crippen molar-refractivity contribution in [3.63, 3.8) is 0 Å². The molecule has 358 valence electrons. The zero-order valence-corrected chi connectivity index (χ0v) is 39.4. The molecule has 6 atom stereocenters. The van der Waals surface area contributed by atoms with E-state index in [0.717, 1.165) is 44.9 Å². The Hall–Kier alpha value is -1.59. The lowest BCUT2D eigenvalue weighted by Gasteiger charge is -2.39. The van der Waals surface area contributed by atoms with Crippen LogP contribution in [0, 0.1) is 0 Å². The van der Waals surface area contributed by atoms with Gasteiger partial charge in [0.2, 0.25) is 0 Å². The van der Waals surface area contributed by atoms with Crippen LogP contribution in [-0.4, -0.2) is 89.6 Å². The van der Waals surface area contributed by atoms with Crippen LogP contribution < -0.4 is 0 Å². The Kier molecular flexibility index (Phi) is 41.1. The number of hydrogen-bond acceptors (Lipinski definition) is 9. The SMILES string of the molecule is CCCCCCC/C=C\C/C=C\C/C=C\CCCCCCCCCCCCCOCC(COC1OC(CO)C(O)C(O)C1O)OC(=O)CCCCCCCCCCCCCC. The second-order valence-electron chi connectivity index (χ2n) is 17.6. The first-order valence-electron chi connectivity index (χ1n) is 25.6. The average Bonchev–Trinajstić information content (AvgIpc) is 3.26. The highest BCUT2D eigenvalue weighted by atomic mass is 16.7. The number of ether oxygens (including phenoxy) is 4. The van der Waals surface area contributed by atoms with Gasteiger partial charge < -0.3 is 39.4 Å². The molecule has 1 fully saturated rings. The van der Waals surface area contributed by atoms with E-state index < -0.39 is 43.4 Å². The Morgan fingerprint density at radius 3 is 1.43 bits per heavy atom. The number of carbonyl (C=O) groups excluding carboxylic acids is 1. The first kappa shape index (κ1) is 57.4. The Bertz CT molecular complexity index is 1030. The molecule has 9 heteroatoms. The number of carbonyl (C=O) groups is 1. The minimum atomic E-state index is -1.53.